The van der Waals surface area contributed by atoms with E-state index in [9.17, 15) is 0 Å². The van der Waals surface area contributed by atoms with E-state index in [1.54, 1.807) is 17.6 Å². The number of nitrogens with zero attached hydrogens (tertiary/aromatic N) is 3. The summed E-state index contributed by atoms with van der Waals surface area (Å²) in [7, 11) is 0. The maximum Gasteiger partial charge on any atom is 0.186 e. The van der Waals surface area contributed by atoms with Gasteiger partial charge in [0.1, 0.15) is 5.75 Å². The summed E-state index contributed by atoms with van der Waals surface area (Å²) >= 11 is 1.62. The first-order valence-corrected chi connectivity index (χ1v) is 9.60. The molecule has 0 radical (unpaired) electrons. The van der Waals surface area contributed by atoms with E-state index in [1.807, 2.05) is 60.8 Å². The molecule has 0 amide bonds. The Balaban J connectivity index is 1.41. The Kier molecular flexibility index (Phi) is 5.61. The molecule has 1 aliphatic rings. The molecule has 1 N–H and O–H groups in total. The monoisotopic (exact) mass is 380 g/mol. The van der Waals surface area contributed by atoms with Crippen LogP contribution in [0.3, 0.4) is 0 Å². The molecule has 2 aromatic carbocycles. The summed E-state index contributed by atoms with van der Waals surface area (Å²) in [5.41, 5.74) is 3.86. The van der Waals surface area contributed by atoms with Crippen LogP contribution in [0, 0.1) is 0 Å². The van der Waals surface area contributed by atoms with Crippen LogP contribution in [-0.4, -0.2) is 37.5 Å². The van der Waals surface area contributed by atoms with Gasteiger partial charge in [0, 0.05) is 19.3 Å². The van der Waals surface area contributed by atoms with Gasteiger partial charge in [-0.25, -0.2) is 4.98 Å². The van der Waals surface area contributed by atoms with E-state index < -0.39 is 0 Å². The van der Waals surface area contributed by atoms with Crippen molar-refractivity contribution in [1.29, 1.82) is 0 Å². The number of ether oxygens (including phenoxy) is 2. The maximum absolute atomic E-state index is 5.93. The van der Waals surface area contributed by atoms with Crippen LogP contribution < -0.4 is 15.1 Å². The molecule has 6 nitrogen and oxygen atoms in total. The highest BCUT2D eigenvalue weighted by molar-refractivity contribution is 7.17. The molecule has 0 bridgehead atoms. The fourth-order valence-corrected chi connectivity index (χ4v) is 3.51. The zero-order chi connectivity index (χ0) is 18.3. The summed E-state index contributed by atoms with van der Waals surface area (Å²) in [6.45, 7) is 3.27. The number of benzene rings is 2. The van der Waals surface area contributed by atoms with Gasteiger partial charge < -0.3 is 14.4 Å². The highest BCUT2D eigenvalue weighted by Crippen LogP contribution is 2.29. The van der Waals surface area contributed by atoms with Crippen molar-refractivity contribution < 1.29 is 9.47 Å². The average molecular weight is 380 g/mol. The Bertz CT molecular complexity index is 892. The zero-order valence-electron chi connectivity index (χ0n) is 14.7. The van der Waals surface area contributed by atoms with Crippen molar-refractivity contribution in [3.05, 3.63) is 65.7 Å². The van der Waals surface area contributed by atoms with Gasteiger partial charge >= 0.3 is 0 Å². The molecular weight excluding hydrogens is 360 g/mol. The number of aromatic nitrogens is 1. The number of morpholine rings is 1. The van der Waals surface area contributed by atoms with Gasteiger partial charge in [0.05, 0.1) is 30.0 Å². The molecule has 27 heavy (non-hydrogen) atoms. The van der Waals surface area contributed by atoms with Gasteiger partial charge in [0.2, 0.25) is 0 Å². The predicted octanol–water partition coefficient (Wildman–Crippen LogP) is 4.22. The molecule has 0 atom stereocenters. The molecule has 138 valence electrons. The van der Waals surface area contributed by atoms with E-state index in [2.05, 4.69) is 20.4 Å². The van der Waals surface area contributed by atoms with Crippen LogP contribution in [0.5, 0.6) is 11.5 Å². The fraction of sp³-hybridized carbons (Fsp3) is 0.200. The van der Waals surface area contributed by atoms with Crippen LogP contribution in [0.2, 0.25) is 0 Å². The van der Waals surface area contributed by atoms with Crippen molar-refractivity contribution in [2.75, 3.05) is 36.6 Å². The van der Waals surface area contributed by atoms with Crippen LogP contribution in [0.4, 0.5) is 10.8 Å². The highest BCUT2D eigenvalue weighted by Gasteiger charge is 2.14. The largest absolute Gasteiger partial charge is 0.455 e. The summed E-state index contributed by atoms with van der Waals surface area (Å²) in [5.74, 6) is 1.51. The van der Waals surface area contributed by atoms with Crippen molar-refractivity contribution in [2.45, 2.75) is 0 Å². The second-order valence-electron chi connectivity index (χ2n) is 5.93. The van der Waals surface area contributed by atoms with Gasteiger partial charge in [-0.3, -0.25) is 5.43 Å². The number of nitrogens with one attached hydrogen (secondary N) is 1. The lowest BCUT2D eigenvalue weighted by atomic mass is 10.3. The van der Waals surface area contributed by atoms with Gasteiger partial charge in [0.15, 0.2) is 10.9 Å². The molecule has 0 unspecified atom stereocenters. The Morgan fingerprint density at radius 2 is 1.85 bits per heavy atom. The standard InChI is InChI=1S/C20H20N4O2S/c1-2-6-16(7-3-1)26-19-9-5-4-8-18(19)23-22-15-17-14-21-20(27-17)24-10-12-25-13-11-24/h1-9,14-15,23H,10-13H2. The van der Waals surface area contributed by atoms with Crippen molar-refractivity contribution in [3.63, 3.8) is 0 Å². The number of thiazole rings is 1. The lowest BCUT2D eigenvalue weighted by Crippen LogP contribution is -2.36. The van der Waals surface area contributed by atoms with E-state index in [-0.39, 0.29) is 0 Å². The van der Waals surface area contributed by atoms with Crippen molar-refractivity contribution in [3.8, 4) is 11.5 Å². The quantitative estimate of drug-likeness (QED) is 0.513. The van der Waals surface area contributed by atoms with Crippen molar-refractivity contribution in [2.24, 2.45) is 5.10 Å². The second-order valence-corrected chi connectivity index (χ2v) is 6.97. The third kappa shape index (κ3) is 4.64. The SMILES string of the molecule is C(=NNc1ccccc1Oc1ccccc1)c1cnc(N2CCOCC2)s1. The number of rotatable bonds is 6. The Morgan fingerprint density at radius 3 is 2.70 bits per heavy atom. The summed E-state index contributed by atoms with van der Waals surface area (Å²) in [6, 6.07) is 17.4. The highest BCUT2D eigenvalue weighted by atomic mass is 32.1. The van der Waals surface area contributed by atoms with Gasteiger partial charge in [-0.15, -0.1) is 0 Å². The van der Waals surface area contributed by atoms with Crippen LogP contribution in [-0.2, 0) is 4.74 Å². The number of hydrogen-bond donors (Lipinski definition) is 1. The number of para-hydroxylation sites is 3. The lowest BCUT2D eigenvalue weighted by Gasteiger charge is -2.25. The Hall–Kier alpha value is -2.90. The van der Waals surface area contributed by atoms with E-state index in [4.69, 9.17) is 9.47 Å². The molecule has 1 saturated heterocycles. The van der Waals surface area contributed by atoms with Gasteiger partial charge in [0.25, 0.3) is 0 Å². The Morgan fingerprint density at radius 1 is 1.07 bits per heavy atom. The summed E-state index contributed by atoms with van der Waals surface area (Å²) in [5, 5.41) is 5.35. The van der Waals surface area contributed by atoms with Crippen LogP contribution >= 0.6 is 11.3 Å². The second kappa shape index (κ2) is 8.66. The first-order valence-electron chi connectivity index (χ1n) is 8.78. The zero-order valence-corrected chi connectivity index (χ0v) is 15.6. The fourth-order valence-electron chi connectivity index (χ4n) is 2.67. The van der Waals surface area contributed by atoms with Crippen molar-refractivity contribution in [1.82, 2.24) is 4.98 Å². The normalized spacial score (nSPS) is 14.4. The first-order chi connectivity index (χ1) is 13.4. The number of anilines is 2. The molecule has 1 aromatic heterocycles. The van der Waals surface area contributed by atoms with Gasteiger partial charge in [-0.05, 0) is 24.3 Å². The number of hydrazone groups is 1. The van der Waals surface area contributed by atoms with Crippen LogP contribution in [0.25, 0.3) is 0 Å². The third-order valence-electron chi connectivity index (χ3n) is 4.03. The molecule has 4 rings (SSSR count). The van der Waals surface area contributed by atoms with Crippen LogP contribution in [0.15, 0.2) is 65.9 Å². The summed E-state index contributed by atoms with van der Waals surface area (Å²) in [6.07, 6.45) is 3.62. The minimum atomic E-state index is 0.721. The minimum Gasteiger partial charge on any atom is -0.455 e. The molecule has 0 saturated carbocycles. The minimum absolute atomic E-state index is 0.721. The summed E-state index contributed by atoms with van der Waals surface area (Å²) in [4.78, 5) is 7.71. The van der Waals surface area contributed by atoms with Crippen molar-refractivity contribution >= 4 is 28.4 Å². The smallest absolute Gasteiger partial charge is 0.186 e. The van der Waals surface area contributed by atoms with E-state index >= 15 is 0 Å². The van der Waals surface area contributed by atoms with Gasteiger partial charge in [-0.2, -0.15) is 5.10 Å². The molecule has 2 heterocycles. The van der Waals surface area contributed by atoms with Gasteiger partial charge in [-0.1, -0.05) is 41.7 Å². The van der Waals surface area contributed by atoms with Crippen LogP contribution in [0.1, 0.15) is 4.88 Å². The maximum atomic E-state index is 5.93. The van der Waals surface area contributed by atoms with E-state index in [0.29, 0.717) is 0 Å². The van der Waals surface area contributed by atoms with E-state index in [0.717, 1.165) is 53.5 Å². The average Bonchev–Trinajstić information content (AvgIpc) is 3.20. The lowest BCUT2D eigenvalue weighted by molar-refractivity contribution is 0.122. The summed E-state index contributed by atoms with van der Waals surface area (Å²) < 4.78 is 11.3. The molecule has 0 aliphatic carbocycles. The molecule has 0 spiro atoms. The molecular formula is C20H20N4O2S. The first kappa shape index (κ1) is 17.5. The third-order valence-corrected chi connectivity index (χ3v) is 5.02. The topological polar surface area (TPSA) is 59.0 Å². The van der Waals surface area contributed by atoms with E-state index in [1.165, 1.54) is 0 Å². The number of hydrogen-bond acceptors (Lipinski definition) is 7. The molecule has 1 aliphatic heterocycles. The Labute approximate surface area is 162 Å². The molecule has 3 aromatic rings. The predicted molar refractivity (Wildman–Crippen MR) is 109 cm³/mol. The molecule has 7 heteroatoms. The molecule has 1 fully saturated rings.